The van der Waals surface area contributed by atoms with E-state index in [0.717, 1.165) is 27.8 Å². The molecule has 2 aromatic heterocycles. The Kier molecular flexibility index (Phi) is 5.57. The Morgan fingerprint density at radius 2 is 1.86 bits per heavy atom. The highest BCUT2D eigenvalue weighted by molar-refractivity contribution is 7.07. The molecule has 0 atom stereocenters. The second-order valence-corrected chi connectivity index (χ2v) is 9.37. The molecule has 1 aliphatic rings. The lowest BCUT2D eigenvalue weighted by Gasteiger charge is -2.04. The van der Waals surface area contributed by atoms with Crippen molar-refractivity contribution in [3.63, 3.8) is 0 Å². The van der Waals surface area contributed by atoms with Crippen LogP contribution in [0.2, 0.25) is 0 Å². The molecule has 0 amide bonds. The minimum Gasteiger partial charge on any atom is -0.454 e. The Morgan fingerprint density at radius 3 is 2.65 bits per heavy atom. The van der Waals surface area contributed by atoms with Crippen LogP contribution >= 0.6 is 11.3 Å². The summed E-state index contributed by atoms with van der Waals surface area (Å²) in [4.78, 5) is 16.7. The Balaban J connectivity index is 1.52. The van der Waals surface area contributed by atoms with Crippen LogP contribution in [-0.2, 0) is 0 Å². The number of hydrogen-bond donors (Lipinski definition) is 0. The van der Waals surface area contributed by atoms with E-state index in [9.17, 15) is 10.1 Å². The number of furan rings is 1. The second kappa shape index (κ2) is 9.07. The Bertz CT molecular complexity index is 1750. The van der Waals surface area contributed by atoms with Crippen LogP contribution in [0.4, 0.5) is 11.4 Å². The van der Waals surface area contributed by atoms with Crippen molar-refractivity contribution >= 4 is 39.9 Å². The monoisotopic (exact) mass is 512 g/mol. The molecule has 1 aliphatic heterocycles. The molecule has 0 saturated carbocycles. The molecular weight excluding hydrogens is 492 g/mol. The van der Waals surface area contributed by atoms with Gasteiger partial charge in [0.2, 0.25) is 11.6 Å². The number of nitro benzene ring substituents is 1. The first-order chi connectivity index (χ1) is 18.0. The predicted octanol–water partition coefficient (Wildman–Crippen LogP) is 6.33. The summed E-state index contributed by atoms with van der Waals surface area (Å²) in [5.74, 6) is 1.37. The van der Waals surface area contributed by atoms with Crippen molar-refractivity contribution in [2.24, 2.45) is 10.1 Å². The number of rotatable bonds is 5. The number of para-hydroxylation sites is 1. The first-order valence-electron chi connectivity index (χ1n) is 11.4. The van der Waals surface area contributed by atoms with E-state index >= 15 is 0 Å². The van der Waals surface area contributed by atoms with Crippen LogP contribution in [0.5, 0.6) is 11.5 Å². The average molecular weight is 513 g/mol. The standard InChI is InChI=1S/C27H20N4O5S/c1-16-7-8-20(17(2)9-16)29-27-30(22(14-37-27)24-10-18-5-3-4-6-23(18)36-24)28-13-19-11-25-26(35-15-34-25)12-21(19)31(32)33/h3-14H,15H2,1-2H3. The zero-order valence-electron chi connectivity index (χ0n) is 19.9. The number of aryl methyl sites for hydroxylation is 2. The van der Waals surface area contributed by atoms with Gasteiger partial charge in [-0.05, 0) is 43.7 Å². The van der Waals surface area contributed by atoms with Crippen molar-refractivity contribution < 1.29 is 18.8 Å². The molecular formula is C27H20N4O5S. The number of thiazole rings is 1. The van der Waals surface area contributed by atoms with Gasteiger partial charge in [-0.15, -0.1) is 11.3 Å². The lowest BCUT2D eigenvalue weighted by molar-refractivity contribution is -0.385. The molecule has 3 aromatic carbocycles. The molecule has 184 valence electrons. The highest BCUT2D eigenvalue weighted by atomic mass is 32.1. The van der Waals surface area contributed by atoms with E-state index in [1.165, 1.54) is 23.6 Å². The summed E-state index contributed by atoms with van der Waals surface area (Å²) in [6.07, 6.45) is 1.43. The van der Waals surface area contributed by atoms with Gasteiger partial charge in [0.05, 0.1) is 28.5 Å². The highest BCUT2D eigenvalue weighted by Gasteiger charge is 2.23. The van der Waals surface area contributed by atoms with E-state index < -0.39 is 4.92 Å². The van der Waals surface area contributed by atoms with Crippen molar-refractivity contribution in [3.8, 4) is 23.0 Å². The van der Waals surface area contributed by atoms with Gasteiger partial charge in [-0.25, -0.2) is 9.67 Å². The third-order valence-electron chi connectivity index (χ3n) is 5.96. The van der Waals surface area contributed by atoms with Gasteiger partial charge < -0.3 is 13.9 Å². The lowest BCUT2D eigenvalue weighted by atomic mass is 10.1. The van der Waals surface area contributed by atoms with Crippen LogP contribution in [-0.4, -0.2) is 22.6 Å². The fourth-order valence-corrected chi connectivity index (χ4v) is 4.96. The van der Waals surface area contributed by atoms with Crippen LogP contribution in [0.1, 0.15) is 16.7 Å². The van der Waals surface area contributed by atoms with Crippen LogP contribution in [0.15, 0.2) is 80.6 Å². The second-order valence-electron chi connectivity index (χ2n) is 8.53. The van der Waals surface area contributed by atoms with Gasteiger partial charge in [-0.3, -0.25) is 10.1 Å². The molecule has 0 unspecified atom stereocenters. The largest absolute Gasteiger partial charge is 0.454 e. The van der Waals surface area contributed by atoms with Crippen molar-refractivity contribution in [3.05, 3.63) is 97.6 Å². The summed E-state index contributed by atoms with van der Waals surface area (Å²) >= 11 is 1.40. The third kappa shape index (κ3) is 4.27. The Morgan fingerprint density at radius 1 is 1.05 bits per heavy atom. The molecule has 9 nitrogen and oxygen atoms in total. The molecule has 0 saturated heterocycles. The number of nitro groups is 1. The molecule has 0 bridgehead atoms. The molecule has 0 spiro atoms. The van der Waals surface area contributed by atoms with Gasteiger partial charge in [-0.1, -0.05) is 35.9 Å². The van der Waals surface area contributed by atoms with Gasteiger partial charge in [0.1, 0.15) is 11.3 Å². The Labute approximate surface area is 214 Å². The summed E-state index contributed by atoms with van der Waals surface area (Å²) in [5.41, 5.74) is 4.54. The minimum absolute atomic E-state index is 0.0154. The van der Waals surface area contributed by atoms with E-state index in [4.69, 9.17) is 18.9 Å². The average Bonchev–Trinajstić information content (AvgIpc) is 3.61. The van der Waals surface area contributed by atoms with Crippen molar-refractivity contribution in [1.82, 2.24) is 4.68 Å². The van der Waals surface area contributed by atoms with Gasteiger partial charge in [0.15, 0.2) is 17.3 Å². The van der Waals surface area contributed by atoms with Crippen LogP contribution in [0.25, 0.3) is 22.4 Å². The zero-order valence-corrected chi connectivity index (χ0v) is 20.7. The quantitative estimate of drug-likeness (QED) is 0.155. The van der Waals surface area contributed by atoms with E-state index in [1.54, 1.807) is 10.7 Å². The van der Waals surface area contributed by atoms with E-state index in [-0.39, 0.29) is 18.0 Å². The predicted molar refractivity (Wildman–Crippen MR) is 141 cm³/mol. The summed E-state index contributed by atoms with van der Waals surface area (Å²) in [6, 6.07) is 18.6. The van der Waals surface area contributed by atoms with Gasteiger partial charge in [-0.2, -0.15) is 5.10 Å². The van der Waals surface area contributed by atoms with Gasteiger partial charge in [0, 0.05) is 10.8 Å². The normalized spacial score (nSPS) is 13.2. The smallest absolute Gasteiger partial charge is 0.282 e. The number of fused-ring (bicyclic) bond motifs is 2. The SMILES string of the molecule is Cc1ccc(N=c2scc(-c3cc4ccccc4o3)n2N=Cc2cc3c(cc2[N+](=O)[O-])OCO3)c(C)c1. The number of nitrogens with zero attached hydrogens (tertiary/aromatic N) is 4. The number of ether oxygens (including phenoxy) is 2. The first-order valence-corrected chi connectivity index (χ1v) is 12.3. The van der Waals surface area contributed by atoms with Gasteiger partial charge >= 0.3 is 0 Å². The maximum absolute atomic E-state index is 11.8. The summed E-state index contributed by atoms with van der Waals surface area (Å²) in [7, 11) is 0. The van der Waals surface area contributed by atoms with E-state index in [1.807, 2.05) is 61.7 Å². The molecule has 10 heteroatoms. The van der Waals surface area contributed by atoms with Crippen LogP contribution in [0, 0.1) is 24.0 Å². The zero-order chi connectivity index (χ0) is 25.5. The van der Waals surface area contributed by atoms with Crippen molar-refractivity contribution in [1.29, 1.82) is 0 Å². The molecule has 0 fully saturated rings. The maximum Gasteiger partial charge on any atom is 0.282 e. The minimum atomic E-state index is -0.470. The fraction of sp³-hybridized carbons (Fsp3) is 0.111. The molecule has 0 N–H and O–H groups in total. The molecule has 0 radical (unpaired) electrons. The summed E-state index contributed by atoms with van der Waals surface area (Å²) in [6.45, 7) is 4.05. The molecule has 0 aliphatic carbocycles. The lowest BCUT2D eigenvalue weighted by Crippen LogP contribution is -2.11. The van der Waals surface area contributed by atoms with E-state index in [2.05, 4.69) is 11.2 Å². The van der Waals surface area contributed by atoms with Crippen LogP contribution < -0.4 is 14.3 Å². The molecule has 6 rings (SSSR count). The van der Waals surface area contributed by atoms with Crippen LogP contribution in [0.3, 0.4) is 0 Å². The number of benzene rings is 3. The molecule has 5 aromatic rings. The summed E-state index contributed by atoms with van der Waals surface area (Å²) < 4.78 is 18.5. The molecule has 3 heterocycles. The topological polar surface area (TPSA) is 104 Å². The highest BCUT2D eigenvalue weighted by Crippen LogP contribution is 2.37. The Hall–Kier alpha value is -4.70. The number of aromatic nitrogens is 1. The fourth-order valence-electron chi connectivity index (χ4n) is 4.13. The van der Waals surface area contributed by atoms with Gasteiger partial charge in [0.25, 0.3) is 5.69 Å². The molecule has 37 heavy (non-hydrogen) atoms. The third-order valence-corrected chi connectivity index (χ3v) is 6.78. The number of hydrogen-bond acceptors (Lipinski definition) is 8. The van der Waals surface area contributed by atoms with E-state index in [0.29, 0.717) is 27.8 Å². The summed E-state index contributed by atoms with van der Waals surface area (Å²) in [5, 5.41) is 19.3. The van der Waals surface area contributed by atoms with Crippen molar-refractivity contribution in [2.45, 2.75) is 13.8 Å². The maximum atomic E-state index is 11.8. The first kappa shape index (κ1) is 22.7. The van der Waals surface area contributed by atoms with Crippen molar-refractivity contribution in [2.75, 3.05) is 6.79 Å².